The number of hydrogen-bond acceptors (Lipinski definition) is 11. The summed E-state index contributed by atoms with van der Waals surface area (Å²) in [5.41, 5.74) is -4.06. The molecule has 0 aliphatic heterocycles. The predicted octanol–water partition coefficient (Wildman–Crippen LogP) is 5.71. The molecule has 0 unspecified atom stereocenters. The van der Waals surface area contributed by atoms with Gasteiger partial charge in [-0.25, -0.2) is 24.2 Å². The van der Waals surface area contributed by atoms with Crippen LogP contribution in [0.2, 0.25) is 0 Å². The fourth-order valence-corrected chi connectivity index (χ4v) is 2.78. The van der Waals surface area contributed by atoms with E-state index in [9.17, 15) is 19.2 Å². The summed E-state index contributed by atoms with van der Waals surface area (Å²) in [4.78, 5) is 69.2. The molecule has 39 heavy (non-hydrogen) atoms. The van der Waals surface area contributed by atoms with Gasteiger partial charge in [-0.15, -0.1) is 4.90 Å². The highest BCUT2D eigenvalue weighted by molar-refractivity contribution is 6.14. The Morgan fingerprint density at radius 2 is 0.974 bits per heavy atom. The van der Waals surface area contributed by atoms with Crippen LogP contribution in [0.3, 0.4) is 0 Å². The van der Waals surface area contributed by atoms with Gasteiger partial charge in [0.1, 0.15) is 27.9 Å². The Hall–Kier alpha value is -3.97. The summed E-state index contributed by atoms with van der Waals surface area (Å²) in [6.07, 6.45) is -3.32. The molecule has 0 saturated heterocycles. The van der Waals surface area contributed by atoms with Crippen molar-refractivity contribution in [2.45, 2.75) is 105 Å². The quantitative estimate of drug-likeness (QED) is 0.455. The minimum Gasteiger partial charge on any atom is -0.443 e. The maximum Gasteiger partial charge on any atom is 0.427 e. The largest absolute Gasteiger partial charge is 0.443 e. The van der Waals surface area contributed by atoms with Crippen molar-refractivity contribution >= 4 is 47.3 Å². The van der Waals surface area contributed by atoms with Gasteiger partial charge in [-0.05, 0) is 83.1 Å². The van der Waals surface area contributed by atoms with Crippen LogP contribution in [0.15, 0.2) is 6.33 Å². The van der Waals surface area contributed by atoms with Crippen LogP contribution >= 0.6 is 0 Å². The van der Waals surface area contributed by atoms with Crippen LogP contribution < -0.4 is 9.80 Å². The number of anilines is 2. The van der Waals surface area contributed by atoms with Crippen LogP contribution in [0.5, 0.6) is 0 Å². The summed E-state index contributed by atoms with van der Waals surface area (Å²) in [7, 11) is 0. The zero-order chi connectivity index (χ0) is 30.1. The molecule has 0 saturated carbocycles. The molecule has 14 heteroatoms. The number of hydrogen-bond donors (Lipinski definition) is 1. The number of nitrogens with one attached hydrogen (secondary N) is 1. The molecule has 0 aliphatic rings. The number of carbonyl (C=O) groups is 4. The van der Waals surface area contributed by atoms with Crippen molar-refractivity contribution in [2.24, 2.45) is 0 Å². The standard InChI is InChI=1S/C25H38N6O8/c1-22(2,3)36-18(32)30(19(33)37-23(4,5)6)16-14-15(27-13-26-14)28-17(29-16)31(20(34)38-24(7,8)9)21(35)39-25(10,11)12/h13H,1-12H3,(H,26,27,28,29). The van der Waals surface area contributed by atoms with E-state index in [0.29, 0.717) is 9.80 Å². The third kappa shape index (κ3) is 9.07. The second-order valence-electron chi connectivity index (χ2n) is 12.5. The maximum absolute atomic E-state index is 13.3. The van der Waals surface area contributed by atoms with Crippen LogP contribution in [0, 0.1) is 0 Å². The van der Waals surface area contributed by atoms with Crippen molar-refractivity contribution in [2.75, 3.05) is 9.80 Å². The average molecular weight is 551 g/mol. The number of carbonyl (C=O) groups excluding carboxylic acids is 4. The number of imidazole rings is 1. The molecule has 0 bridgehead atoms. The first kappa shape index (κ1) is 31.2. The summed E-state index contributed by atoms with van der Waals surface area (Å²) < 4.78 is 21.7. The van der Waals surface area contributed by atoms with Gasteiger partial charge >= 0.3 is 24.4 Å². The Bertz CT molecular complexity index is 1190. The van der Waals surface area contributed by atoms with Crippen molar-refractivity contribution < 1.29 is 38.1 Å². The molecule has 1 N–H and O–H groups in total. The number of nitrogens with zero attached hydrogens (tertiary/aromatic N) is 5. The Labute approximate surface area is 227 Å². The van der Waals surface area contributed by atoms with E-state index < -0.39 is 52.7 Å². The molecule has 0 atom stereocenters. The van der Waals surface area contributed by atoms with Gasteiger partial charge in [0.15, 0.2) is 11.5 Å². The van der Waals surface area contributed by atoms with Crippen molar-refractivity contribution in [1.82, 2.24) is 19.9 Å². The molecule has 2 heterocycles. The molecule has 0 aromatic carbocycles. The van der Waals surface area contributed by atoms with Crippen molar-refractivity contribution in [3.05, 3.63) is 6.33 Å². The molecule has 0 radical (unpaired) electrons. The van der Waals surface area contributed by atoms with E-state index in [1.165, 1.54) is 6.33 Å². The van der Waals surface area contributed by atoms with Crippen LogP contribution in [0.25, 0.3) is 11.2 Å². The fourth-order valence-electron chi connectivity index (χ4n) is 2.78. The van der Waals surface area contributed by atoms with Gasteiger partial charge < -0.3 is 23.9 Å². The predicted molar refractivity (Wildman–Crippen MR) is 142 cm³/mol. The van der Waals surface area contributed by atoms with Crippen LogP contribution in [0.1, 0.15) is 83.1 Å². The third-order valence-electron chi connectivity index (χ3n) is 3.97. The molecule has 2 rings (SSSR count). The molecule has 0 fully saturated rings. The van der Waals surface area contributed by atoms with E-state index in [1.54, 1.807) is 83.1 Å². The highest BCUT2D eigenvalue weighted by Gasteiger charge is 2.39. The molecule has 2 aromatic heterocycles. The number of imide groups is 2. The molecule has 4 amide bonds. The summed E-state index contributed by atoms with van der Waals surface area (Å²) in [6, 6.07) is 0. The van der Waals surface area contributed by atoms with Gasteiger partial charge in [0.25, 0.3) is 0 Å². The smallest absolute Gasteiger partial charge is 0.427 e. The second kappa shape index (κ2) is 10.7. The Morgan fingerprint density at radius 1 is 0.615 bits per heavy atom. The van der Waals surface area contributed by atoms with Gasteiger partial charge in [0, 0.05) is 0 Å². The maximum atomic E-state index is 13.3. The lowest BCUT2D eigenvalue weighted by molar-refractivity contribution is 0.0411. The number of fused-ring (bicyclic) bond motifs is 1. The number of aromatic amines is 1. The van der Waals surface area contributed by atoms with Crippen molar-refractivity contribution in [3.8, 4) is 0 Å². The minimum absolute atomic E-state index is 0.0313. The first-order valence-electron chi connectivity index (χ1n) is 12.2. The first-order valence-corrected chi connectivity index (χ1v) is 12.2. The lowest BCUT2D eigenvalue weighted by atomic mass is 10.2. The number of H-pyrrole nitrogens is 1. The Kier molecular flexibility index (Phi) is 8.54. The van der Waals surface area contributed by atoms with Gasteiger partial charge in [-0.1, -0.05) is 0 Å². The van der Waals surface area contributed by atoms with Crippen molar-refractivity contribution in [1.29, 1.82) is 0 Å². The highest BCUT2D eigenvalue weighted by Crippen LogP contribution is 2.29. The zero-order valence-corrected chi connectivity index (χ0v) is 24.6. The molecular formula is C25H38N6O8. The molecule has 216 valence electrons. The number of rotatable bonds is 2. The van der Waals surface area contributed by atoms with Crippen LogP contribution in [-0.2, 0) is 18.9 Å². The molecular weight excluding hydrogens is 512 g/mol. The van der Waals surface area contributed by atoms with Crippen LogP contribution in [0.4, 0.5) is 30.9 Å². The number of ether oxygens (including phenoxy) is 4. The van der Waals surface area contributed by atoms with Gasteiger partial charge in [-0.3, -0.25) is 0 Å². The summed E-state index contributed by atoms with van der Waals surface area (Å²) >= 11 is 0. The minimum atomic E-state index is -1.15. The SMILES string of the molecule is CC(C)(C)OC(=O)N(C(=O)OC(C)(C)C)c1nc(N(C(=O)OC(C)(C)C)C(=O)OC(C)(C)C)c2[nH]cnc2n1. The van der Waals surface area contributed by atoms with Gasteiger partial charge in [0.05, 0.1) is 6.33 Å². The normalized spacial score (nSPS) is 12.5. The number of aromatic nitrogens is 4. The zero-order valence-electron chi connectivity index (χ0n) is 24.6. The van der Waals surface area contributed by atoms with Crippen LogP contribution in [-0.4, -0.2) is 66.7 Å². The van der Waals surface area contributed by atoms with Gasteiger partial charge in [0.2, 0.25) is 5.95 Å². The lowest BCUT2D eigenvalue weighted by Gasteiger charge is -2.29. The Morgan fingerprint density at radius 3 is 1.33 bits per heavy atom. The summed E-state index contributed by atoms with van der Waals surface area (Å²) in [6.45, 7) is 19.3. The van der Waals surface area contributed by atoms with Gasteiger partial charge in [-0.2, -0.15) is 14.9 Å². The van der Waals surface area contributed by atoms with E-state index in [-0.39, 0.29) is 17.0 Å². The molecule has 0 spiro atoms. The summed E-state index contributed by atoms with van der Waals surface area (Å²) in [5.74, 6) is -0.946. The van der Waals surface area contributed by atoms with E-state index in [1.807, 2.05) is 0 Å². The molecule has 2 aromatic rings. The average Bonchev–Trinajstić information content (AvgIpc) is 3.11. The van der Waals surface area contributed by atoms with E-state index in [0.717, 1.165) is 0 Å². The second-order valence-corrected chi connectivity index (χ2v) is 12.5. The number of amides is 4. The monoisotopic (exact) mass is 550 g/mol. The molecule has 0 aliphatic carbocycles. The van der Waals surface area contributed by atoms with E-state index in [4.69, 9.17) is 18.9 Å². The first-order chi connectivity index (χ1) is 17.5. The fraction of sp³-hybridized carbons (Fsp3) is 0.640. The van der Waals surface area contributed by atoms with E-state index in [2.05, 4.69) is 19.9 Å². The topological polar surface area (TPSA) is 166 Å². The third-order valence-corrected chi connectivity index (χ3v) is 3.97. The summed E-state index contributed by atoms with van der Waals surface area (Å²) in [5, 5.41) is 0. The lowest BCUT2D eigenvalue weighted by Crippen LogP contribution is -2.46. The van der Waals surface area contributed by atoms with E-state index >= 15 is 0 Å². The van der Waals surface area contributed by atoms with Crippen molar-refractivity contribution in [3.63, 3.8) is 0 Å². The Balaban J connectivity index is 2.81. The highest BCUT2D eigenvalue weighted by atomic mass is 16.6. The molecule has 14 nitrogen and oxygen atoms in total.